The van der Waals surface area contributed by atoms with E-state index < -0.39 is 0 Å². The van der Waals surface area contributed by atoms with E-state index in [0.29, 0.717) is 12.2 Å². The summed E-state index contributed by atoms with van der Waals surface area (Å²) in [7, 11) is 0. The zero-order valence-electron chi connectivity index (χ0n) is 7.42. The van der Waals surface area contributed by atoms with Gasteiger partial charge in [0.15, 0.2) is 0 Å². The van der Waals surface area contributed by atoms with Crippen LogP contribution >= 0.6 is 0 Å². The van der Waals surface area contributed by atoms with Crippen molar-refractivity contribution >= 4 is 10.1 Å². The van der Waals surface area contributed by atoms with Crippen LogP contribution in [-0.2, 0) is 23.0 Å². The molecule has 0 spiro atoms. The minimum atomic E-state index is -0.238. The van der Waals surface area contributed by atoms with Gasteiger partial charge >= 0.3 is 81.3 Å². The van der Waals surface area contributed by atoms with E-state index in [2.05, 4.69) is 0 Å². The first-order valence-electron chi connectivity index (χ1n) is 3.83. The average Bonchev–Trinajstić information content (AvgIpc) is 2.06. The predicted octanol–water partition coefficient (Wildman–Crippen LogP) is -1.96. The van der Waals surface area contributed by atoms with Crippen molar-refractivity contribution in [2.24, 2.45) is 0 Å². The SMILES string of the molecule is CCOC(=O)c1cc[c]([Zn+])cc1.[I-]. The number of carbonyl (C=O) groups is 1. The number of esters is 1. The van der Waals surface area contributed by atoms with Gasteiger partial charge in [0.25, 0.3) is 0 Å². The minimum Gasteiger partial charge on any atom is -1.00 e. The fraction of sp³-hybridized carbons (Fsp3) is 0.222. The van der Waals surface area contributed by atoms with E-state index in [9.17, 15) is 4.79 Å². The number of carbonyl (C=O) groups excluding carboxylic acids is 1. The van der Waals surface area contributed by atoms with Crippen molar-refractivity contribution in [3.63, 3.8) is 0 Å². The van der Waals surface area contributed by atoms with E-state index in [1.54, 1.807) is 19.1 Å². The molecule has 0 N–H and O–H groups in total. The molecule has 0 aliphatic rings. The molecule has 1 rings (SSSR count). The van der Waals surface area contributed by atoms with Crippen LogP contribution in [0.3, 0.4) is 0 Å². The number of benzene rings is 1. The Morgan fingerprint density at radius 2 is 1.92 bits per heavy atom. The Bertz CT molecular complexity index is 271. The van der Waals surface area contributed by atoms with Crippen LogP contribution in [0.5, 0.6) is 0 Å². The van der Waals surface area contributed by atoms with E-state index in [0.717, 1.165) is 18.3 Å². The van der Waals surface area contributed by atoms with E-state index in [1.807, 2.05) is 12.1 Å². The topological polar surface area (TPSA) is 26.3 Å². The van der Waals surface area contributed by atoms with Gasteiger partial charge in [0.1, 0.15) is 0 Å². The van der Waals surface area contributed by atoms with Crippen LogP contribution in [0.2, 0.25) is 0 Å². The van der Waals surface area contributed by atoms with Gasteiger partial charge in [-0.3, -0.25) is 0 Å². The van der Waals surface area contributed by atoms with Gasteiger partial charge < -0.3 is 24.0 Å². The molecule has 4 heteroatoms. The quantitative estimate of drug-likeness (QED) is 0.355. The van der Waals surface area contributed by atoms with Crippen LogP contribution in [0, 0.1) is 0 Å². The Morgan fingerprint density at radius 1 is 1.38 bits per heavy atom. The van der Waals surface area contributed by atoms with E-state index in [-0.39, 0.29) is 29.9 Å². The van der Waals surface area contributed by atoms with Crippen molar-refractivity contribution in [2.75, 3.05) is 6.61 Å². The summed E-state index contributed by atoms with van der Waals surface area (Å²) in [6.45, 7) is 2.24. The number of ether oxygens (including phenoxy) is 1. The largest absolute Gasteiger partial charge is 1.00 e. The fourth-order valence-corrected chi connectivity index (χ4v) is 1.35. The molecule has 0 saturated heterocycles. The van der Waals surface area contributed by atoms with Crippen molar-refractivity contribution in [1.82, 2.24) is 0 Å². The average molecular weight is 341 g/mol. The van der Waals surface area contributed by atoms with Crippen LogP contribution in [-0.4, -0.2) is 12.6 Å². The Kier molecular flexibility index (Phi) is 6.51. The first kappa shape index (κ1) is 13.0. The molecule has 2 nitrogen and oxygen atoms in total. The number of hydrogen-bond donors (Lipinski definition) is 0. The fourth-order valence-electron chi connectivity index (χ4n) is 0.855. The molecule has 1 aromatic carbocycles. The molecule has 0 amide bonds. The Hall–Kier alpha value is 0.0434. The molecular formula is C9H9IO2Zn. The zero-order chi connectivity index (χ0) is 8.97. The summed E-state index contributed by atoms with van der Waals surface area (Å²) in [6, 6.07) is 7.51. The molecule has 0 atom stereocenters. The van der Waals surface area contributed by atoms with Crippen LogP contribution in [0.15, 0.2) is 24.3 Å². The Morgan fingerprint density at radius 3 is 2.38 bits per heavy atom. The van der Waals surface area contributed by atoms with Crippen LogP contribution in [0.1, 0.15) is 17.3 Å². The molecule has 1 aromatic rings. The molecule has 66 valence electrons. The first-order valence-corrected chi connectivity index (χ1v) is 5.31. The molecular weight excluding hydrogens is 332 g/mol. The second kappa shape index (κ2) is 6.49. The third kappa shape index (κ3) is 4.18. The summed E-state index contributed by atoms with van der Waals surface area (Å²) in [5.41, 5.74) is 0.633. The Labute approximate surface area is 105 Å². The molecule has 0 aliphatic carbocycles. The summed E-state index contributed by atoms with van der Waals surface area (Å²) in [4.78, 5) is 11.1. The van der Waals surface area contributed by atoms with Crippen molar-refractivity contribution in [3.8, 4) is 0 Å². The second-order valence-electron chi connectivity index (χ2n) is 2.42. The maximum Gasteiger partial charge on any atom is -1.00 e. The molecule has 0 unspecified atom stereocenters. The minimum absolute atomic E-state index is 0. The Balaban J connectivity index is 0.00000144. The molecule has 0 saturated carbocycles. The van der Waals surface area contributed by atoms with Gasteiger partial charge in [-0.05, 0) is 0 Å². The third-order valence-corrected chi connectivity index (χ3v) is 2.45. The summed E-state index contributed by atoms with van der Waals surface area (Å²) >= 11 is 1.11. The van der Waals surface area contributed by atoms with Gasteiger partial charge in [-0.25, -0.2) is 0 Å². The second-order valence-corrected chi connectivity index (χ2v) is 4.13. The third-order valence-electron chi connectivity index (χ3n) is 1.47. The number of halogens is 1. The van der Waals surface area contributed by atoms with Crippen LogP contribution in [0.4, 0.5) is 0 Å². The standard InChI is InChI=1S/C9H9O2.HI.Zn/c1-2-11-9(10)8-6-4-3-5-7-8;;/h4-7H,2H2,1H3;1H;/q;;+1/p-1. The molecule has 0 heterocycles. The van der Waals surface area contributed by atoms with Gasteiger partial charge in [0.05, 0.1) is 0 Å². The molecule has 13 heavy (non-hydrogen) atoms. The van der Waals surface area contributed by atoms with Crippen LogP contribution < -0.4 is 28.1 Å². The van der Waals surface area contributed by atoms with Crippen molar-refractivity contribution < 1.29 is 51.8 Å². The van der Waals surface area contributed by atoms with Gasteiger partial charge in [0.2, 0.25) is 0 Å². The van der Waals surface area contributed by atoms with Crippen LogP contribution in [0.25, 0.3) is 0 Å². The molecule has 0 fully saturated rings. The summed E-state index contributed by atoms with van der Waals surface area (Å²) in [5.74, 6) is -0.238. The van der Waals surface area contributed by atoms with Gasteiger partial charge in [-0.15, -0.1) is 0 Å². The van der Waals surface area contributed by atoms with E-state index in [4.69, 9.17) is 4.74 Å². The van der Waals surface area contributed by atoms with E-state index in [1.165, 1.54) is 4.16 Å². The van der Waals surface area contributed by atoms with Gasteiger partial charge in [-0.2, -0.15) is 0 Å². The monoisotopic (exact) mass is 340 g/mol. The van der Waals surface area contributed by atoms with Gasteiger partial charge in [0, 0.05) is 0 Å². The number of rotatable bonds is 2. The molecule has 0 aromatic heterocycles. The predicted molar refractivity (Wildman–Crippen MR) is 42.0 cm³/mol. The van der Waals surface area contributed by atoms with Crippen molar-refractivity contribution in [2.45, 2.75) is 6.92 Å². The summed E-state index contributed by atoms with van der Waals surface area (Å²) < 4.78 is 6.11. The molecule has 0 bridgehead atoms. The maximum absolute atomic E-state index is 11.1. The molecule has 0 radical (unpaired) electrons. The molecule has 0 aliphatic heterocycles. The number of hydrogen-bond acceptors (Lipinski definition) is 2. The smallest absolute Gasteiger partial charge is 1.00 e. The normalized spacial score (nSPS) is 8.85. The summed E-state index contributed by atoms with van der Waals surface area (Å²) in [5, 5.41) is 0. The van der Waals surface area contributed by atoms with Gasteiger partial charge in [-0.1, -0.05) is 0 Å². The van der Waals surface area contributed by atoms with Crippen molar-refractivity contribution in [3.05, 3.63) is 29.8 Å². The first-order chi connectivity index (χ1) is 5.74. The summed E-state index contributed by atoms with van der Waals surface area (Å²) in [6.07, 6.45) is 0. The van der Waals surface area contributed by atoms with Crippen molar-refractivity contribution in [1.29, 1.82) is 0 Å². The maximum atomic E-state index is 11.1. The van der Waals surface area contributed by atoms with E-state index >= 15 is 0 Å². The zero-order valence-corrected chi connectivity index (χ0v) is 12.5.